The van der Waals surface area contributed by atoms with Gasteiger partial charge in [-0.25, -0.2) is 9.18 Å². The second-order valence-corrected chi connectivity index (χ2v) is 14.2. The highest BCUT2D eigenvalue weighted by Crippen LogP contribution is 2.43. The van der Waals surface area contributed by atoms with E-state index >= 15 is 0 Å². The van der Waals surface area contributed by atoms with Crippen LogP contribution in [0.1, 0.15) is 50.8 Å². The Bertz CT molecular complexity index is 2260. The molecule has 8 bridgehead atoms. The molecule has 0 saturated heterocycles. The predicted octanol–water partition coefficient (Wildman–Crippen LogP) is 8.15. The first-order valence-corrected chi connectivity index (χ1v) is 18.2. The number of halogens is 2. The van der Waals surface area contributed by atoms with Gasteiger partial charge in [0.05, 0.1) is 31.1 Å². The van der Waals surface area contributed by atoms with Crippen molar-refractivity contribution in [3.05, 3.63) is 99.0 Å². The van der Waals surface area contributed by atoms with E-state index < -0.39 is 5.97 Å². The van der Waals surface area contributed by atoms with Gasteiger partial charge in [0, 0.05) is 76.0 Å². The highest BCUT2D eigenvalue weighted by Gasteiger charge is 2.27. The van der Waals surface area contributed by atoms with Crippen molar-refractivity contribution in [2.24, 2.45) is 7.05 Å². The number of ether oxygens (including phenoxy) is 2. The monoisotopic (exact) mass is 715 g/mol. The predicted molar refractivity (Wildman–Crippen MR) is 196 cm³/mol. The Labute approximate surface area is 298 Å². The maximum absolute atomic E-state index is 14.3. The van der Waals surface area contributed by atoms with Crippen molar-refractivity contribution in [2.75, 3.05) is 20.3 Å². The molecule has 12 heteroatoms. The van der Waals surface area contributed by atoms with Crippen molar-refractivity contribution in [3.8, 4) is 16.9 Å². The third kappa shape index (κ3) is 6.38. The van der Waals surface area contributed by atoms with Crippen LogP contribution in [0.25, 0.3) is 32.8 Å². The summed E-state index contributed by atoms with van der Waals surface area (Å²) in [5.74, 6) is 0.663. The zero-order valence-electron chi connectivity index (χ0n) is 28.6. The van der Waals surface area contributed by atoms with Crippen molar-refractivity contribution in [2.45, 2.75) is 57.7 Å². The number of hydrogen-bond acceptors (Lipinski definition) is 6. The molecule has 50 heavy (non-hydrogen) atoms. The van der Waals surface area contributed by atoms with Gasteiger partial charge in [-0.2, -0.15) is 10.2 Å². The molecule has 1 aliphatic heterocycles. The number of thioether (sulfide) groups is 1. The summed E-state index contributed by atoms with van der Waals surface area (Å²) in [6, 6.07) is 14.7. The number of carboxylic acids is 1. The number of aromatic nitrogens is 5. The molecule has 0 saturated carbocycles. The summed E-state index contributed by atoms with van der Waals surface area (Å²) < 4.78 is 31.8. The molecule has 0 atom stereocenters. The molecule has 0 unspecified atom stereocenters. The van der Waals surface area contributed by atoms with Gasteiger partial charge in [0.2, 0.25) is 0 Å². The van der Waals surface area contributed by atoms with Crippen LogP contribution >= 0.6 is 23.4 Å². The van der Waals surface area contributed by atoms with E-state index in [0.29, 0.717) is 60.6 Å². The van der Waals surface area contributed by atoms with E-state index in [9.17, 15) is 14.3 Å². The van der Waals surface area contributed by atoms with Crippen LogP contribution in [0, 0.1) is 19.7 Å². The topological polar surface area (TPSA) is 96.3 Å². The standard InChI is InChI=1S/C38H39ClFN5O4S/c1-22-34-32-11-10-30(39)36(34)35-23(2)45(13-15-48-4)42-31(35)21-50-20-27-19-28(43(3)41-27)8-6-24-16-25-18-26(40)7-9-29(25)33(17-24)49-14-5-12-44(32)37(22)38(46)47/h7,9-11,16-19H,5-6,8,12-15,20-21H2,1-4H3,(H,46,47). The number of aryl methyl sites for hydroxylation is 5. The quantitative estimate of drug-likeness (QED) is 0.197. The molecule has 260 valence electrons. The summed E-state index contributed by atoms with van der Waals surface area (Å²) >= 11 is 8.77. The zero-order valence-corrected chi connectivity index (χ0v) is 30.1. The lowest BCUT2D eigenvalue weighted by Gasteiger charge is -2.14. The molecule has 3 aromatic heterocycles. The molecule has 0 aliphatic carbocycles. The van der Waals surface area contributed by atoms with Gasteiger partial charge in [-0.15, -0.1) is 11.8 Å². The minimum atomic E-state index is -1.00. The zero-order chi connectivity index (χ0) is 35.1. The Balaban J connectivity index is 1.36. The molecule has 1 aliphatic rings. The minimum absolute atomic E-state index is 0.222. The number of benzene rings is 3. The first-order chi connectivity index (χ1) is 24.1. The average Bonchev–Trinajstić information content (AvgIpc) is 3.69. The average molecular weight is 716 g/mol. The maximum atomic E-state index is 14.3. The van der Waals surface area contributed by atoms with Crippen LogP contribution in [0.4, 0.5) is 4.39 Å². The van der Waals surface area contributed by atoms with E-state index in [1.807, 2.05) is 59.1 Å². The normalized spacial score (nSPS) is 14.1. The number of carbonyl (C=O) groups is 1. The minimum Gasteiger partial charge on any atom is -0.493 e. The van der Waals surface area contributed by atoms with Crippen LogP contribution in [0.15, 0.2) is 48.5 Å². The maximum Gasteiger partial charge on any atom is 0.352 e. The second-order valence-electron chi connectivity index (χ2n) is 12.8. The summed E-state index contributed by atoms with van der Waals surface area (Å²) in [6.45, 7) is 5.71. The number of fused-ring (bicyclic) bond motifs is 8. The number of aromatic carboxylic acids is 1. The van der Waals surface area contributed by atoms with Crippen molar-refractivity contribution in [1.29, 1.82) is 0 Å². The highest BCUT2D eigenvalue weighted by molar-refractivity contribution is 7.97. The largest absolute Gasteiger partial charge is 0.493 e. The summed E-state index contributed by atoms with van der Waals surface area (Å²) in [7, 11) is 3.64. The molecule has 0 amide bonds. The van der Waals surface area contributed by atoms with Crippen molar-refractivity contribution in [1.82, 2.24) is 24.1 Å². The van der Waals surface area contributed by atoms with Crippen molar-refractivity contribution in [3.63, 3.8) is 0 Å². The summed E-state index contributed by atoms with van der Waals surface area (Å²) in [4.78, 5) is 12.8. The van der Waals surface area contributed by atoms with Crippen molar-refractivity contribution >= 4 is 51.0 Å². The van der Waals surface area contributed by atoms with E-state index in [-0.39, 0.29) is 11.5 Å². The van der Waals surface area contributed by atoms with Gasteiger partial charge < -0.3 is 19.1 Å². The van der Waals surface area contributed by atoms with E-state index in [1.54, 1.807) is 24.9 Å². The van der Waals surface area contributed by atoms with Gasteiger partial charge in [0.1, 0.15) is 17.3 Å². The Morgan fingerprint density at radius 1 is 1.08 bits per heavy atom. The Kier molecular flexibility index (Phi) is 9.65. The molecular weight excluding hydrogens is 677 g/mol. The third-order valence-electron chi connectivity index (χ3n) is 9.57. The molecule has 0 fully saturated rings. The molecule has 7 rings (SSSR count). The third-order valence-corrected chi connectivity index (χ3v) is 10.9. The number of hydrogen-bond donors (Lipinski definition) is 1. The second kappa shape index (κ2) is 14.1. The number of rotatable bonds is 4. The lowest BCUT2D eigenvalue weighted by Crippen LogP contribution is -2.12. The molecule has 0 spiro atoms. The molecule has 3 aromatic carbocycles. The number of nitrogens with zero attached hydrogens (tertiary/aromatic N) is 5. The van der Waals surface area contributed by atoms with Gasteiger partial charge in [-0.3, -0.25) is 9.36 Å². The van der Waals surface area contributed by atoms with Crippen LogP contribution in [-0.2, 0) is 49.2 Å². The Morgan fingerprint density at radius 3 is 2.72 bits per heavy atom. The van der Waals surface area contributed by atoms with Gasteiger partial charge in [-0.1, -0.05) is 17.7 Å². The van der Waals surface area contributed by atoms with Crippen LogP contribution in [0.3, 0.4) is 0 Å². The number of methoxy groups -OCH3 is 1. The lowest BCUT2D eigenvalue weighted by molar-refractivity contribution is 0.0684. The number of carboxylic acid groups (broad SMARTS) is 1. The highest BCUT2D eigenvalue weighted by atomic mass is 35.5. The SMILES string of the molecule is COCCn1nc2c(c1C)-c1c(Cl)ccc3c1c(C)c(C(=O)O)n3CCCOc1cc(cc3cc(F)ccc13)CCc1cc(nn1C)CSC2. The summed E-state index contributed by atoms with van der Waals surface area (Å²) in [5.41, 5.74) is 8.31. The molecule has 4 heterocycles. The molecular formula is C38H39ClFN5O4S. The fourth-order valence-electron chi connectivity index (χ4n) is 7.23. The van der Waals surface area contributed by atoms with Gasteiger partial charge in [0.25, 0.3) is 0 Å². The summed E-state index contributed by atoms with van der Waals surface area (Å²) in [6.07, 6.45) is 2.04. The van der Waals surface area contributed by atoms with Crippen LogP contribution < -0.4 is 4.74 Å². The van der Waals surface area contributed by atoms with E-state index in [2.05, 4.69) is 6.07 Å². The molecule has 0 radical (unpaired) electrons. The Morgan fingerprint density at radius 2 is 1.92 bits per heavy atom. The van der Waals surface area contributed by atoms with Crippen LogP contribution in [-0.4, -0.2) is 55.5 Å². The van der Waals surface area contributed by atoms with Gasteiger partial charge in [0.15, 0.2) is 0 Å². The van der Waals surface area contributed by atoms with E-state index in [1.165, 1.54) is 12.1 Å². The van der Waals surface area contributed by atoms with Crippen LogP contribution in [0.5, 0.6) is 5.75 Å². The first-order valence-electron chi connectivity index (χ1n) is 16.7. The first kappa shape index (κ1) is 34.1. The lowest BCUT2D eigenvalue weighted by atomic mass is 9.97. The fraction of sp³-hybridized carbons (Fsp3) is 0.342. The fourth-order valence-corrected chi connectivity index (χ4v) is 8.33. The summed E-state index contributed by atoms with van der Waals surface area (Å²) in [5, 5.41) is 23.3. The Hall–Kier alpha value is -4.32. The van der Waals surface area contributed by atoms with Gasteiger partial charge in [-0.05, 0) is 92.1 Å². The van der Waals surface area contributed by atoms with Gasteiger partial charge >= 0.3 is 5.97 Å². The van der Waals surface area contributed by atoms with Crippen molar-refractivity contribution < 1.29 is 23.8 Å². The van der Waals surface area contributed by atoms with Crippen LogP contribution in [0.2, 0.25) is 5.02 Å². The molecule has 1 N–H and O–H groups in total. The molecule has 9 nitrogen and oxygen atoms in total. The van der Waals surface area contributed by atoms with E-state index in [0.717, 1.165) is 74.0 Å². The van der Waals surface area contributed by atoms with E-state index in [4.69, 9.17) is 31.3 Å². The molecule has 6 aromatic rings. The smallest absolute Gasteiger partial charge is 0.352 e.